The maximum absolute atomic E-state index is 13.0. The molecule has 3 rings (SSSR count). The molecule has 5 nitrogen and oxygen atoms in total. The van der Waals surface area contributed by atoms with E-state index in [0.717, 1.165) is 25.2 Å². The number of ether oxygens (including phenoxy) is 1. The summed E-state index contributed by atoms with van der Waals surface area (Å²) in [5, 5.41) is 0. The number of hydrogen-bond donors (Lipinski definition) is 0. The summed E-state index contributed by atoms with van der Waals surface area (Å²) in [6.45, 7) is 8.70. The van der Waals surface area contributed by atoms with Crippen molar-refractivity contribution in [2.45, 2.75) is 32.9 Å². The summed E-state index contributed by atoms with van der Waals surface area (Å²) in [5.41, 5.74) is 1.11. The van der Waals surface area contributed by atoms with E-state index in [1.54, 1.807) is 13.1 Å². The Kier molecular flexibility index (Phi) is 9.03. The van der Waals surface area contributed by atoms with Gasteiger partial charge in [-0.15, -0.1) is 24.8 Å². The molecule has 0 radical (unpaired) electrons. The molecule has 1 amide bonds. The summed E-state index contributed by atoms with van der Waals surface area (Å²) in [6.07, 6.45) is 1.19. The minimum atomic E-state index is -0.514. The zero-order valence-electron chi connectivity index (χ0n) is 15.9. The lowest BCUT2D eigenvalue weighted by atomic mass is 10.0. The summed E-state index contributed by atoms with van der Waals surface area (Å²) in [6, 6.07) is 13.8. The van der Waals surface area contributed by atoms with Gasteiger partial charge in [0.1, 0.15) is 0 Å². The summed E-state index contributed by atoms with van der Waals surface area (Å²) in [7, 11) is 0. The van der Waals surface area contributed by atoms with Crippen LogP contribution in [0.3, 0.4) is 0 Å². The van der Waals surface area contributed by atoms with Crippen LogP contribution in [0, 0.1) is 0 Å². The van der Waals surface area contributed by atoms with E-state index in [1.807, 2.05) is 35.2 Å². The second kappa shape index (κ2) is 10.5. The maximum atomic E-state index is 13.0. The minimum Gasteiger partial charge on any atom is -0.477 e. The van der Waals surface area contributed by atoms with Crippen LogP contribution in [-0.2, 0) is 4.79 Å². The van der Waals surface area contributed by atoms with Crippen molar-refractivity contribution in [3.63, 3.8) is 0 Å². The number of rotatable bonds is 6. The minimum absolute atomic E-state index is 0. The lowest BCUT2D eigenvalue weighted by Crippen LogP contribution is -2.49. The Labute approximate surface area is 173 Å². The van der Waals surface area contributed by atoms with Crippen LogP contribution in [0.5, 0.6) is 5.75 Å². The van der Waals surface area contributed by atoms with E-state index in [4.69, 9.17) is 4.74 Å². The number of hydrogen-bond acceptors (Lipinski definition) is 4. The van der Waals surface area contributed by atoms with Crippen molar-refractivity contribution in [1.82, 2.24) is 9.88 Å². The van der Waals surface area contributed by atoms with Crippen LogP contribution in [-0.4, -0.2) is 41.5 Å². The van der Waals surface area contributed by atoms with Gasteiger partial charge < -0.3 is 9.64 Å². The van der Waals surface area contributed by atoms with Crippen molar-refractivity contribution in [2.75, 3.05) is 24.5 Å². The van der Waals surface area contributed by atoms with Crippen LogP contribution in [0.4, 0.5) is 5.82 Å². The number of pyridine rings is 1. The first-order chi connectivity index (χ1) is 12.2. The van der Waals surface area contributed by atoms with Gasteiger partial charge in [0.2, 0.25) is 0 Å². The van der Waals surface area contributed by atoms with Gasteiger partial charge in [0.15, 0.2) is 17.7 Å². The fourth-order valence-electron chi connectivity index (χ4n) is 3.24. The third kappa shape index (κ3) is 4.92. The number of halogens is 2. The SMILES string of the molecule is CCN(CC)CC(c1ccccc1)N1C(=O)C(C)Oc2cccnc21.Cl.Cl. The molecule has 2 heterocycles. The van der Waals surface area contributed by atoms with Crippen molar-refractivity contribution in [2.24, 2.45) is 0 Å². The highest BCUT2D eigenvalue weighted by atomic mass is 35.5. The molecule has 2 unspecified atom stereocenters. The second-order valence-corrected chi connectivity index (χ2v) is 6.21. The summed E-state index contributed by atoms with van der Waals surface area (Å²) < 4.78 is 5.75. The van der Waals surface area contributed by atoms with Crippen molar-refractivity contribution < 1.29 is 9.53 Å². The molecule has 1 aromatic carbocycles. The highest BCUT2D eigenvalue weighted by Crippen LogP contribution is 2.37. The molecule has 7 heteroatoms. The Balaban J connectivity index is 0.00000182. The van der Waals surface area contributed by atoms with Crippen LogP contribution in [0.15, 0.2) is 48.7 Å². The third-order valence-electron chi connectivity index (χ3n) is 4.69. The Bertz CT molecular complexity index is 726. The Morgan fingerprint density at radius 1 is 1.11 bits per heavy atom. The van der Waals surface area contributed by atoms with Crippen molar-refractivity contribution >= 4 is 36.5 Å². The fourth-order valence-corrected chi connectivity index (χ4v) is 3.24. The van der Waals surface area contributed by atoms with E-state index >= 15 is 0 Å². The number of likely N-dealkylation sites (N-methyl/N-ethyl adjacent to an activating group) is 1. The molecule has 1 aliphatic rings. The first-order valence-corrected chi connectivity index (χ1v) is 8.87. The van der Waals surface area contributed by atoms with Gasteiger partial charge >= 0.3 is 0 Å². The number of aromatic nitrogens is 1. The fraction of sp³-hybridized carbons (Fsp3) is 0.400. The van der Waals surface area contributed by atoms with Gasteiger partial charge in [-0.25, -0.2) is 4.98 Å². The molecule has 0 fully saturated rings. The van der Waals surface area contributed by atoms with Gasteiger partial charge in [0.25, 0.3) is 5.91 Å². The molecule has 0 saturated carbocycles. The second-order valence-electron chi connectivity index (χ2n) is 6.21. The van der Waals surface area contributed by atoms with E-state index in [2.05, 4.69) is 35.9 Å². The number of benzene rings is 1. The average molecular weight is 412 g/mol. The summed E-state index contributed by atoms with van der Waals surface area (Å²) in [4.78, 5) is 21.6. The van der Waals surface area contributed by atoms with Crippen molar-refractivity contribution in [3.05, 3.63) is 54.2 Å². The molecule has 27 heavy (non-hydrogen) atoms. The monoisotopic (exact) mass is 411 g/mol. The first kappa shape index (κ1) is 23.2. The highest BCUT2D eigenvalue weighted by Gasteiger charge is 2.38. The van der Waals surface area contributed by atoms with E-state index in [0.29, 0.717) is 11.6 Å². The quantitative estimate of drug-likeness (QED) is 0.716. The standard InChI is InChI=1S/C20H25N3O2.2ClH/c1-4-22(5-2)14-17(16-10-7-6-8-11-16)23-19-18(12-9-13-21-19)25-15(3)20(23)24;;/h6-13,15,17H,4-5,14H2,1-3H3;2*1H. The van der Waals surface area contributed by atoms with Gasteiger partial charge in [-0.2, -0.15) is 0 Å². The first-order valence-electron chi connectivity index (χ1n) is 8.87. The molecule has 1 aliphatic heterocycles. The highest BCUT2D eigenvalue weighted by molar-refractivity contribution is 5.99. The average Bonchev–Trinajstić information content (AvgIpc) is 2.65. The number of carbonyl (C=O) groups is 1. The van der Waals surface area contributed by atoms with Crippen LogP contribution >= 0.6 is 24.8 Å². The summed E-state index contributed by atoms with van der Waals surface area (Å²) >= 11 is 0. The predicted molar refractivity (Wildman–Crippen MR) is 113 cm³/mol. The zero-order valence-corrected chi connectivity index (χ0v) is 17.5. The molecule has 0 bridgehead atoms. The molecule has 148 valence electrons. The Morgan fingerprint density at radius 3 is 2.41 bits per heavy atom. The largest absolute Gasteiger partial charge is 0.477 e. The molecule has 0 N–H and O–H groups in total. The van der Waals surface area contributed by atoms with Crippen LogP contribution in [0.25, 0.3) is 0 Å². The van der Waals surface area contributed by atoms with E-state index in [1.165, 1.54) is 0 Å². The Hall–Kier alpha value is -1.82. The van der Waals surface area contributed by atoms with Crippen LogP contribution < -0.4 is 9.64 Å². The van der Waals surface area contributed by atoms with Crippen molar-refractivity contribution in [3.8, 4) is 5.75 Å². The molecule has 0 aliphatic carbocycles. The smallest absolute Gasteiger partial charge is 0.269 e. The topological polar surface area (TPSA) is 45.7 Å². The number of carbonyl (C=O) groups excluding carboxylic acids is 1. The van der Waals surface area contributed by atoms with E-state index in [-0.39, 0.29) is 36.8 Å². The lowest BCUT2D eigenvalue weighted by Gasteiger charge is -2.39. The van der Waals surface area contributed by atoms with Crippen molar-refractivity contribution in [1.29, 1.82) is 0 Å². The van der Waals surface area contributed by atoms with Crippen LogP contribution in [0.1, 0.15) is 32.4 Å². The number of amides is 1. The molecule has 2 atom stereocenters. The predicted octanol–water partition coefficient (Wildman–Crippen LogP) is 4.12. The maximum Gasteiger partial charge on any atom is 0.269 e. The van der Waals surface area contributed by atoms with Gasteiger partial charge in [0.05, 0.1) is 6.04 Å². The van der Waals surface area contributed by atoms with E-state index in [9.17, 15) is 4.79 Å². The Morgan fingerprint density at radius 2 is 1.78 bits per heavy atom. The van der Waals surface area contributed by atoms with E-state index < -0.39 is 6.10 Å². The zero-order chi connectivity index (χ0) is 17.8. The molecule has 2 aromatic rings. The molecule has 0 spiro atoms. The number of nitrogens with zero attached hydrogens (tertiary/aromatic N) is 3. The summed E-state index contributed by atoms with van der Waals surface area (Å²) in [5.74, 6) is 1.22. The third-order valence-corrected chi connectivity index (χ3v) is 4.69. The molecule has 0 saturated heterocycles. The van der Waals surface area contributed by atoms with Gasteiger partial charge in [0, 0.05) is 12.7 Å². The lowest BCUT2D eigenvalue weighted by molar-refractivity contribution is -0.126. The van der Waals surface area contributed by atoms with Gasteiger partial charge in [-0.3, -0.25) is 9.69 Å². The van der Waals surface area contributed by atoms with Gasteiger partial charge in [-0.05, 0) is 37.7 Å². The molecule has 1 aromatic heterocycles. The molecular weight excluding hydrogens is 385 g/mol. The number of fused-ring (bicyclic) bond motifs is 1. The van der Waals surface area contributed by atoms with Crippen LogP contribution in [0.2, 0.25) is 0 Å². The molecular formula is C20H27Cl2N3O2. The number of anilines is 1. The normalized spacial score (nSPS) is 16.7. The van der Waals surface area contributed by atoms with Gasteiger partial charge in [-0.1, -0.05) is 44.2 Å².